The van der Waals surface area contributed by atoms with E-state index in [1.807, 2.05) is 17.5 Å². The first-order valence-corrected chi connectivity index (χ1v) is 9.59. The molecular weight excluding hydrogens is 364 g/mol. The minimum absolute atomic E-state index is 0.637. The number of nitrogens with zero attached hydrogens (tertiary/aromatic N) is 3. The zero-order valence-electron chi connectivity index (χ0n) is 15.0. The van der Waals surface area contributed by atoms with Crippen LogP contribution in [0.15, 0.2) is 36.1 Å². The lowest BCUT2D eigenvalue weighted by atomic mass is 10.1. The van der Waals surface area contributed by atoms with Crippen molar-refractivity contribution in [1.82, 2.24) is 20.3 Å². The highest BCUT2D eigenvalue weighted by Gasteiger charge is 2.15. The van der Waals surface area contributed by atoms with E-state index >= 15 is 0 Å². The lowest BCUT2D eigenvalue weighted by Gasteiger charge is -2.14. The number of thiazole rings is 1. The molecule has 140 valence electrons. The maximum Gasteiger partial charge on any atom is 0.164 e. The summed E-state index contributed by atoms with van der Waals surface area (Å²) in [6, 6.07) is 3.88. The predicted molar refractivity (Wildman–Crippen MR) is 102 cm³/mol. The summed E-state index contributed by atoms with van der Waals surface area (Å²) in [5.41, 5.74) is 2.78. The molecule has 1 aliphatic rings. The number of fused-ring (bicyclic) bond motifs is 1. The first-order valence-electron chi connectivity index (χ1n) is 8.71. The number of ether oxygens (including phenoxy) is 3. The Bertz CT molecular complexity index is 901. The van der Waals surface area contributed by atoms with Crippen molar-refractivity contribution in [3.63, 3.8) is 0 Å². The minimum Gasteiger partial charge on any atom is -0.496 e. The van der Waals surface area contributed by atoms with Crippen molar-refractivity contribution in [3.8, 4) is 28.0 Å². The van der Waals surface area contributed by atoms with E-state index in [9.17, 15) is 0 Å². The number of nitrogens with one attached hydrogen (secondary N) is 1. The molecule has 0 radical (unpaired) electrons. The van der Waals surface area contributed by atoms with E-state index in [0.717, 1.165) is 45.6 Å². The van der Waals surface area contributed by atoms with Gasteiger partial charge in [0.1, 0.15) is 16.5 Å². The van der Waals surface area contributed by atoms with Crippen LogP contribution in [0.2, 0.25) is 0 Å². The second kappa shape index (κ2) is 8.32. The van der Waals surface area contributed by atoms with Gasteiger partial charge in [0.15, 0.2) is 11.5 Å². The fraction of sp³-hybridized carbons (Fsp3) is 0.316. The molecular formula is C19H20N4O3S. The molecule has 0 bridgehead atoms. The minimum atomic E-state index is 0.637. The Labute approximate surface area is 161 Å². The summed E-state index contributed by atoms with van der Waals surface area (Å²) in [6.45, 7) is 2.61. The Morgan fingerprint density at radius 1 is 1.15 bits per heavy atom. The summed E-state index contributed by atoms with van der Waals surface area (Å²) in [6.07, 6.45) is 5.93. The molecule has 27 heavy (non-hydrogen) atoms. The lowest BCUT2D eigenvalue weighted by molar-refractivity contribution is 0.296. The highest BCUT2D eigenvalue weighted by molar-refractivity contribution is 7.13. The molecule has 1 N–H and O–H groups in total. The van der Waals surface area contributed by atoms with E-state index in [-0.39, 0.29) is 0 Å². The molecule has 1 aliphatic heterocycles. The second-order valence-electron chi connectivity index (χ2n) is 6.00. The molecule has 0 unspecified atom stereocenters. The topological polar surface area (TPSA) is 78.4 Å². The van der Waals surface area contributed by atoms with Gasteiger partial charge in [0.25, 0.3) is 0 Å². The summed E-state index contributed by atoms with van der Waals surface area (Å²) >= 11 is 1.56. The monoisotopic (exact) mass is 384 g/mol. The van der Waals surface area contributed by atoms with Crippen LogP contribution in [-0.2, 0) is 13.1 Å². The van der Waals surface area contributed by atoms with Gasteiger partial charge in [-0.3, -0.25) is 9.97 Å². The van der Waals surface area contributed by atoms with E-state index < -0.39 is 0 Å². The number of hydrogen-bond donors (Lipinski definition) is 1. The molecule has 0 atom stereocenters. The molecule has 3 heterocycles. The van der Waals surface area contributed by atoms with E-state index in [4.69, 9.17) is 14.2 Å². The summed E-state index contributed by atoms with van der Waals surface area (Å²) in [4.78, 5) is 13.0. The van der Waals surface area contributed by atoms with Crippen LogP contribution in [0.4, 0.5) is 0 Å². The smallest absolute Gasteiger partial charge is 0.164 e. The van der Waals surface area contributed by atoms with Crippen LogP contribution in [-0.4, -0.2) is 35.3 Å². The summed E-state index contributed by atoms with van der Waals surface area (Å²) in [5.74, 6) is 2.29. The molecule has 1 aromatic carbocycles. The molecule has 8 heteroatoms. The third-order valence-electron chi connectivity index (χ3n) is 4.11. The lowest BCUT2D eigenvalue weighted by Crippen LogP contribution is -2.14. The molecule has 2 aromatic heterocycles. The molecule has 0 fully saturated rings. The highest BCUT2D eigenvalue weighted by atomic mass is 32.1. The molecule has 7 nitrogen and oxygen atoms in total. The standard InChI is InChI=1S/C19H20N4O3S/c1-24-16-8-18-17(25-5-2-6-26-18)7-13(16)9-21-10-14-12-27-19(23-14)15-11-20-3-4-22-15/h3-4,7-8,11-12,21H,2,5-6,9-10H2,1H3. The molecule has 4 rings (SSSR count). The van der Waals surface area contributed by atoms with Crippen molar-refractivity contribution in [2.24, 2.45) is 0 Å². The quantitative estimate of drug-likeness (QED) is 0.700. The van der Waals surface area contributed by atoms with Crippen molar-refractivity contribution in [1.29, 1.82) is 0 Å². The fourth-order valence-electron chi connectivity index (χ4n) is 2.80. The number of rotatable bonds is 6. The van der Waals surface area contributed by atoms with Crippen molar-refractivity contribution < 1.29 is 14.2 Å². The number of methoxy groups -OCH3 is 1. The molecule has 0 aliphatic carbocycles. The van der Waals surface area contributed by atoms with Crippen LogP contribution < -0.4 is 19.5 Å². The SMILES string of the molecule is COc1cc2c(cc1CNCc1csc(-c3cnccn3)n1)OCCCO2. The Kier molecular flexibility index (Phi) is 5.45. The van der Waals surface area contributed by atoms with Gasteiger partial charge in [0.2, 0.25) is 0 Å². The Balaban J connectivity index is 1.42. The summed E-state index contributed by atoms with van der Waals surface area (Å²) in [7, 11) is 1.66. The van der Waals surface area contributed by atoms with E-state index in [1.54, 1.807) is 37.0 Å². The van der Waals surface area contributed by atoms with Gasteiger partial charge in [0, 0.05) is 48.9 Å². The van der Waals surface area contributed by atoms with Gasteiger partial charge in [-0.05, 0) is 6.07 Å². The van der Waals surface area contributed by atoms with Crippen molar-refractivity contribution in [2.75, 3.05) is 20.3 Å². The Morgan fingerprint density at radius 2 is 2.00 bits per heavy atom. The fourth-order valence-corrected chi connectivity index (χ4v) is 3.58. The van der Waals surface area contributed by atoms with Gasteiger partial charge >= 0.3 is 0 Å². The molecule has 3 aromatic rings. The Morgan fingerprint density at radius 3 is 2.78 bits per heavy atom. The normalized spacial score (nSPS) is 13.2. The van der Waals surface area contributed by atoms with Gasteiger partial charge in [-0.2, -0.15) is 0 Å². The van der Waals surface area contributed by atoms with E-state index in [1.165, 1.54) is 0 Å². The van der Waals surface area contributed by atoms with Crippen molar-refractivity contribution >= 4 is 11.3 Å². The highest BCUT2D eigenvalue weighted by Crippen LogP contribution is 2.36. The molecule has 0 amide bonds. The zero-order chi connectivity index (χ0) is 18.5. The van der Waals surface area contributed by atoms with Gasteiger partial charge in [0.05, 0.1) is 32.2 Å². The van der Waals surface area contributed by atoms with Crippen LogP contribution >= 0.6 is 11.3 Å². The van der Waals surface area contributed by atoms with Crippen LogP contribution in [0.1, 0.15) is 17.7 Å². The van der Waals surface area contributed by atoms with Crippen LogP contribution in [0, 0.1) is 0 Å². The summed E-state index contributed by atoms with van der Waals surface area (Å²) < 4.78 is 17.0. The first-order chi connectivity index (χ1) is 13.3. The summed E-state index contributed by atoms with van der Waals surface area (Å²) in [5, 5.41) is 6.31. The van der Waals surface area contributed by atoms with Crippen molar-refractivity contribution in [2.45, 2.75) is 19.5 Å². The van der Waals surface area contributed by atoms with E-state index in [2.05, 4.69) is 20.3 Å². The number of aromatic nitrogens is 3. The largest absolute Gasteiger partial charge is 0.496 e. The van der Waals surface area contributed by atoms with Gasteiger partial charge in [-0.15, -0.1) is 11.3 Å². The van der Waals surface area contributed by atoms with Crippen molar-refractivity contribution in [3.05, 3.63) is 47.4 Å². The molecule has 0 saturated heterocycles. The average molecular weight is 384 g/mol. The number of hydrogen-bond acceptors (Lipinski definition) is 8. The maximum atomic E-state index is 5.77. The third-order valence-corrected chi connectivity index (χ3v) is 5.02. The van der Waals surface area contributed by atoms with E-state index in [0.29, 0.717) is 26.3 Å². The molecule has 0 spiro atoms. The number of benzene rings is 1. The predicted octanol–water partition coefficient (Wildman–Crippen LogP) is 3.06. The third kappa shape index (κ3) is 4.17. The van der Waals surface area contributed by atoms with Gasteiger partial charge in [-0.25, -0.2) is 4.98 Å². The molecule has 0 saturated carbocycles. The zero-order valence-corrected chi connectivity index (χ0v) is 15.8. The maximum absolute atomic E-state index is 5.77. The van der Waals surface area contributed by atoms with Gasteiger partial charge < -0.3 is 19.5 Å². The van der Waals surface area contributed by atoms with Crippen LogP contribution in [0.3, 0.4) is 0 Å². The Hall–Kier alpha value is -2.71. The average Bonchev–Trinajstić information content (AvgIpc) is 3.06. The first kappa shape index (κ1) is 17.7. The van der Waals surface area contributed by atoms with Crippen LogP contribution in [0.5, 0.6) is 17.2 Å². The second-order valence-corrected chi connectivity index (χ2v) is 6.86. The van der Waals surface area contributed by atoms with Gasteiger partial charge in [-0.1, -0.05) is 0 Å². The van der Waals surface area contributed by atoms with Crippen LogP contribution in [0.25, 0.3) is 10.7 Å².